The Morgan fingerprint density at radius 1 is 1.50 bits per heavy atom. The number of allylic oxidation sites excluding steroid dienone is 1. The molecule has 3 N–H and O–H groups in total. The third kappa shape index (κ3) is 4.49. The van der Waals surface area contributed by atoms with Gasteiger partial charge in [-0.2, -0.15) is 0 Å². The van der Waals surface area contributed by atoms with Gasteiger partial charge in [-0.15, -0.1) is 6.58 Å². The van der Waals surface area contributed by atoms with Crippen molar-refractivity contribution in [2.45, 2.75) is 25.3 Å². The third-order valence-electron chi connectivity index (χ3n) is 3.76. The van der Waals surface area contributed by atoms with Gasteiger partial charge in [0.1, 0.15) is 0 Å². The lowest BCUT2D eigenvalue weighted by Gasteiger charge is -2.17. The second-order valence-electron chi connectivity index (χ2n) is 5.51. The molecule has 0 spiro atoms. The van der Waals surface area contributed by atoms with Gasteiger partial charge in [0, 0.05) is 12.6 Å². The highest BCUT2D eigenvalue weighted by Gasteiger charge is 2.31. The van der Waals surface area contributed by atoms with Crippen LogP contribution < -0.4 is 20.5 Å². The molecule has 1 amide bonds. The van der Waals surface area contributed by atoms with Crippen LogP contribution in [0.4, 0.5) is 0 Å². The maximum Gasteiger partial charge on any atom is 0.258 e. The number of carbonyl (C=O) groups excluding carboxylic acids is 1. The molecule has 0 heterocycles. The van der Waals surface area contributed by atoms with E-state index in [2.05, 4.69) is 11.9 Å². The minimum Gasteiger partial charge on any atom is -0.493 e. The fourth-order valence-corrected chi connectivity index (χ4v) is 2.38. The number of hydrogen-bond donors (Lipinski definition) is 2. The molecular formula is C17H24N2O3. The molecule has 1 fully saturated rings. The van der Waals surface area contributed by atoms with Crippen LogP contribution in [0.1, 0.15) is 18.4 Å². The molecule has 0 bridgehead atoms. The van der Waals surface area contributed by atoms with E-state index in [9.17, 15) is 4.79 Å². The highest BCUT2D eigenvalue weighted by molar-refractivity contribution is 5.78. The standard InChI is InChI=1S/C17H24N2O3/c1-3-4-12-5-8-15(16(9-12)21-2)22-11-17(20)19-14(10-18)13-6-7-13/h3,5,8-9,13-14H,1,4,6-7,10-11,18H2,2H3,(H,19,20). The Labute approximate surface area is 131 Å². The first-order valence-electron chi connectivity index (χ1n) is 7.58. The van der Waals surface area contributed by atoms with Crippen LogP contribution in [-0.4, -0.2) is 32.2 Å². The van der Waals surface area contributed by atoms with Gasteiger partial charge in [0.15, 0.2) is 18.1 Å². The number of carbonyl (C=O) groups is 1. The molecule has 1 aliphatic rings. The molecule has 22 heavy (non-hydrogen) atoms. The van der Waals surface area contributed by atoms with Crippen molar-refractivity contribution in [1.82, 2.24) is 5.32 Å². The summed E-state index contributed by atoms with van der Waals surface area (Å²) in [6, 6.07) is 5.70. The van der Waals surface area contributed by atoms with Gasteiger partial charge in [-0.25, -0.2) is 0 Å². The van der Waals surface area contributed by atoms with Crippen LogP contribution in [0.5, 0.6) is 11.5 Å². The van der Waals surface area contributed by atoms with Gasteiger partial charge < -0.3 is 20.5 Å². The first kappa shape index (κ1) is 16.4. The summed E-state index contributed by atoms with van der Waals surface area (Å²) < 4.78 is 10.9. The molecule has 0 radical (unpaired) electrons. The van der Waals surface area contributed by atoms with Crippen LogP contribution in [0.3, 0.4) is 0 Å². The number of amides is 1. The molecule has 0 aromatic heterocycles. The molecule has 1 aromatic rings. The SMILES string of the molecule is C=CCc1ccc(OCC(=O)NC(CN)C2CC2)c(OC)c1. The normalized spacial score (nSPS) is 15.0. The quantitative estimate of drug-likeness (QED) is 0.680. The van der Waals surface area contributed by atoms with Crippen molar-refractivity contribution < 1.29 is 14.3 Å². The Bertz CT molecular complexity index is 527. The average Bonchev–Trinajstić information content (AvgIpc) is 3.36. The smallest absolute Gasteiger partial charge is 0.258 e. The van der Waals surface area contributed by atoms with Crippen molar-refractivity contribution in [3.63, 3.8) is 0 Å². The largest absolute Gasteiger partial charge is 0.493 e. The number of nitrogens with one attached hydrogen (secondary N) is 1. The monoisotopic (exact) mass is 304 g/mol. The highest BCUT2D eigenvalue weighted by atomic mass is 16.5. The summed E-state index contributed by atoms with van der Waals surface area (Å²) in [5.41, 5.74) is 6.76. The second-order valence-corrected chi connectivity index (χ2v) is 5.51. The summed E-state index contributed by atoms with van der Waals surface area (Å²) in [7, 11) is 1.58. The summed E-state index contributed by atoms with van der Waals surface area (Å²) in [5, 5.41) is 2.93. The van der Waals surface area contributed by atoms with Gasteiger partial charge in [-0.3, -0.25) is 4.79 Å². The van der Waals surface area contributed by atoms with Crippen molar-refractivity contribution in [3.8, 4) is 11.5 Å². The van der Waals surface area contributed by atoms with Gasteiger partial charge in [0.05, 0.1) is 7.11 Å². The van der Waals surface area contributed by atoms with Crippen molar-refractivity contribution in [2.75, 3.05) is 20.3 Å². The predicted molar refractivity (Wildman–Crippen MR) is 86.1 cm³/mol. The van der Waals surface area contributed by atoms with E-state index in [0.717, 1.165) is 24.8 Å². The van der Waals surface area contributed by atoms with Crippen molar-refractivity contribution >= 4 is 5.91 Å². The molecule has 1 unspecified atom stereocenters. The maximum absolute atomic E-state index is 11.9. The van der Waals surface area contributed by atoms with Crippen LogP contribution in [0, 0.1) is 5.92 Å². The number of nitrogens with two attached hydrogens (primary N) is 1. The first-order valence-corrected chi connectivity index (χ1v) is 7.58. The van der Waals surface area contributed by atoms with Crippen LogP contribution in [-0.2, 0) is 11.2 Å². The van der Waals surface area contributed by atoms with E-state index in [4.69, 9.17) is 15.2 Å². The fraction of sp³-hybridized carbons (Fsp3) is 0.471. The van der Waals surface area contributed by atoms with E-state index in [0.29, 0.717) is 24.0 Å². The molecular weight excluding hydrogens is 280 g/mol. The zero-order chi connectivity index (χ0) is 15.9. The molecule has 120 valence electrons. The lowest BCUT2D eigenvalue weighted by Crippen LogP contribution is -2.43. The van der Waals surface area contributed by atoms with Crippen molar-refractivity contribution in [2.24, 2.45) is 11.7 Å². The van der Waals surface area contributed by atoms with Crippen LogP contribution in [0.15, 0.2) is 30.9 Å². The van der Waals surface area contributed by atoms with Crippen LogP contribution in [0.25, 0.3) is 0 Å². The summed E-state index contributed by atoms with van der Waals surface area (Å²) in [5.74, 6) is 1.55. The first-order chi connectivity index (χ1) is 10.7. The minimum atomic E-state index is -0.153. The number of hydrogen-bond acceptors (Lipinski definition) is 4. The molecule has 5 heteroatoms. The zero-order valence-corrected chi connectivity index (χ0v) is 13.0. The van der Waals surface area contributed by atoms with E-state index >= 15 is 0 Å². The van der Waals surface area contributed by atoms with Gasteiger partial charge in [0.25, 0.3) is 5.91 Å². The Balaban J connectivity index is 1.89. The lowest BCUT2D eigenvalue weighted by atomic mass is 10.1. The van der Waals surface area contributed by atoms with E-state index in [-0.39, 0.29) is 18.6 Å². The van der Waals surface area contributed by atoms with E-state index in [1.807, 2.05) is 24.3 Å². The van der Waals surface area contributed by atoms with Gasteiger partial charge in [-0.05, 0) is 42.9 Å². The highest BCUT2D eigenvalue weighted by Crippen LogP contribution is 2.32. The van der Waals surface area contributed by atoms with E-state index in [1.54, 1.807) is 7.11 Å². The molecule has 1 saturated carbocycles. The van der Waals surface area contributed by atoms with Gasteiger partial charge in [-0.1, -0.05) is 12.1 Å². The Morgan fingerprint density at radius 2 is 2.27 bits per heavy atom. The van der Waals surface area contributed by atoms with Crippen LogP contribution in [0.2, 0.25) is 0 Å². The third-order valence-corrected chi connectivity index (χ3v) is 3.76. The summed E-state index contributed by atoms with van der Waals surface area (Å²) in [4.78, 5) is 11.9. The summed E-state index contributed by atoms with van der Waals surface area (Å²) >= 11 is 0. The molecule has 1 atom stereocenters. The molecule has 5 nitrogen and oxygen atoms in total. The Morgan fingerprint density at radius 3 is 2.86 bits per heavy atom. The van der Waals surface area contributed by atoms with Crippen LogP contribution >= 0.6 is 0 Å². The molecule has 0 saturated heterocycles. The number of ether oxygens (including phenoxy) is 2. The fourth-order valence-electron chi connectivity index (χ4n) is 2.38. The zero-order valence-electron chi connectivity index (χ0n) is 13.0. The topological polar surface area (TPSA) is 73.6 Å². The molecule has 1 aromatic carbocycles. The van der Waals surface area contributed by atoms with Crippen molar-refractivity contribution in [1.29, 1.82) is 0 Å². The van der Waals surface area contributed by atoms with Crippen molar-refractivity contribution in [3.05, 3.63) is 36.4 Å². The number of methoxy groups -OCH3 is 1. The minimum absolute atomic E-state index is 0.0413. The lowest BCUT2D eigenvalue weighted by molar-refractivity contribution is -0.123. The van der Waals surface area contributed by atoms with E-state index in [1.165, 1.54) is 0 Å². The maximum atomic E-state index is 11.9. The van der Waals surface area contributed by atoms with Gasteiger partial charge >= 0.3 is 0 Å². The van der Waals surface area contributed by atoms with Gasteiger partial charge in [0.2, 0.25) is 0 Å². The predicted octanol–water partition coefficient (Wildman–Crippen LogP) is 1.66. The second kappa shape index (κ2) is 7.84. The Kier molecular flexibility index (Phi) is 5.83. The molecule has 1 aliphatic carbocycles. The average molecular weight is 304 g/mol. The van der Waals surface area contributed by atoms with E-state index < -0.39 is 0 Å². The molecule has 0 aliphatic heterocycles. The number of benzene rings is 1. The number of rotatable bonds is 9. The summed E-state index contributed by atoms with van der Waals surface area (Å²) in [6.45, 7) is 4.14. The summed E-state index contributed by atoms with van der Waals surface area (Å²) in [6.07, 6.45) is 4.87. The Hall–Kier alpha value is -2.01. The molecule has 2 rings (SSSR count).